The Morgan fingerprint density at radius 3 is 2.20 bits per heavy atom. The fourth-order valence-electron chi connectivity index (χ4n) is 2.08. The molecule has 142 valence electrons. The third kappa shape index (κ3) is 5.81. The summed E-state index contributed by atoms with van der Waals surface area (Å²) in [5.74, 6) is 6.48. The second-order valence-electron chi connectivity index (χ2n) is 6.00. The van der Waals surface area contributed by atoms with Crippen molar-refractivity contribution in [2.75, 3.05) is 38.8 Å². The average molecular weight is 389 g/mol. The normalized spacial score (nSPS) is 12.3. The third-order valence-corrected chi connectivity index (χ3v) is 6.01. The maximum absolute atomic E-state index is 12.3. The van der Waals surface area contributed by atoms with Gasteiger partial charge in [0, 0.05) is 27.2 Å². The van der Waals surface area contributed by atoms with E-state index in [1.54, 1.807) is 23.9 Å². The van der Waals surface area contributed by atoms with Crippen LogP contribution in [0.5, 0.6) is 0 Å². The maximum Gasteiger partial charge on any atom is 0.235 e. The van der Waals surface area contributed by atoms with Crippen LogP contribution in [0.1, 0.15) is 27.7 Å². The molecule has 0 radical (unpaired) electrons. The van der Waals surface area contributed by atoms with Gasteiger partial charge in [-0.1, -0.05) is 37.4 Å². The van der Waals surface area contributed by atoms with Crippen LogP contribution in [0.15, 0.2) is 10.3 Å². The lowest BCUT2D eigenvalue weighted by atomic mass is 10.1. The van der Waals surface area contributed by atoms with Crippen molar-refractivity contribution in [2.24, 2.45) is 5.92 Å². The summed E-state index contributed by atoms with van der Waals surface area (Å²) in [5.41, 5.74) is 0. The van der Waals surface area contributed by atoms with Crippen molar-refractivity contribution in [3.63, 3.8) is 0 Å². The standard InChI is InChI=1S/C15H28N6O2S2/c1-7-20(8-2)11(22)9-24-14-17-18-15(21(14)16)25-12(10(3)4)13(23)19(5)6/h10,12H,7-9,16H2,1-6H3. The van der Waals surface area contributed by atoms with E-state index < -0.39 is 0 Å². The smallest absolute Gasteiger partial charge is 0.235 e. The first-order chi connectivity index (χ1) is 11.7. The minimum Gasteiger partial charge on any atom is -0.348 e. The number of nitrogens with zero attached hydrogens (tertiary/aromatic N) is 5. The number of thioether (sulfide) groups is 2. The number of rotatable bonds is 9. The zero-order chi connectivity index (χ0) is 19.1. The molecule has 1 rings (SSSR count). The van der Waals surface area contributed by atoms with Gasteiger partial charge in [-0.25, -0.2) is 4.68 Å². The van der Waals surface area contributed by atoms with Crippen LogP contribution in [0.2, 0.25) is 0 Å². The molecule has 0 fully saturated rings. The van der Waals surface area contributed by atoms with E-state index in [1.807, 2.05) is 27.7 Å². The Hall–Kier alpha value is -1.42. The molecule has 0 spiro atoms. The van der Waals surface area contributed by atoms with Gasteiger partial charge in [0.2, 0.25) is 22.1 Å². The van der Waals surface area contributed by atoms with Crippen LogP contribution < -0.4 is 5.84 Å². The zero-order valence-corrected chi connectivity index (χ0v) is 17.4. The molecule has 25 heavy (non-hydrogen) atoms. The van der Waals surface area contributed by atoms with Crippen LogP contribution in [-0.2, 0) is 9.59 Å². The molecule has 0 aromatic carbocycles. The van der Waals surface area contributed by atoms with Gasteiger partial charge in [0.15, 0.2) is 0 Å². The second-order valence-corrected chi connectivity index (χ2v) is 8.06. The molecule has 1 heterocycles. The molecule has 2 amide bonds. The maximum atomic E-state index is 12.3. The lowest BCUT2D eigenvalue weighted by Crippen LogP contribution is -2.35. The summed E-state index contributed by atoms with van der Waals surface area (Å²) in [7, 11) is 3.46. The minimum absolute atomic E-state index is 0.00825. The Morgan fingerprint density at radius 2 is 1.72 bits per heavy atom. The minimum atomic E-state index is -0.295. The number of nitrogens with two attached hydrogens (primary N) is 1. The van der Waals surface area contributed by atoms with Crippen molar-refractivity contribution in [3.8, 4) is 0 Å². The van der Waals surface area contributed by atoms with Crippen LogP contribution in [0.4, 0.5) is 0 Å². The first kappa shape index (κ1) is 21.6. The molecular weight excluding hydrogens is 360 g/mol. The molecule has 8 nitrogen and oxygen atoms in total. The number of amides is 2. The topological polar surface area (TPSA) is 97.4 Å². The van der Waals surface area contributed by atoms with E-state index in [0.717, 1.165) is 0 Å². The number of carbonyl (C=O) groups excluding carboxylic acids is 2. The molecular formula is C15H28N6O2S2. The molecule has 10 heteroatoms. The van der Waals surface area contributed by atoms with Crippen LogP contribution in [0.25, 0.3) is 0 Å². The largest absolute Gasteiger partial charge is 0.348 e. The highest BCUT2D eigenvalue weighted by Crippen LogP contribution is 2.29. The summed E-state index contributed by atoms with van der Waals surface area (Å²) in [5, 5.41) is 8.76. The first-order valence-corrected chi connectivity index (χ1v) is 10.1. The highest BCUT2D eigenvalue weighted by Gasteiger charge is 2.28. The molecule has 0 saturated carbocycles. The molecule has 0 aliphatic rings. The van der Waals surface area contributed by atoms with E-state index >= 15 is 0 Å². The van der Waals surface area contributed by atoms with Crippen molar-refractivity contribution in [2.45, 2.75) is 43.3 Å². The number of nitrogen functional groups attached to an aromatic ring is 1. The van der Waals surface area contributed by atoms with Gasteiger partial charge in [-0.05, 0) is 19.8 Å². The van der Waals surface area contributed by atoms with E-state index in [2.05, 4.69) is 10.2 Å². The SMILES string of the molecule is CCN(CC)C(=O)CSc1nnc(SC(C(=O)N(C)C)C(C)C)n1N. The highest BCUT2D eigenvalue weighted by atomic mass is 32.2. The number of hydrogen-bond acceptors (Lipinski definition) is 7. The monoisotopic (exact) mass is 388 g/mol. The molecule has 0 bridgehead atoms. The number of hydrogen-bond donors (Lipinski definition) is 1. The zero-order valence-electron chi connectivity index (χ0n) is 15.7. The Balaban J connectivity index is 2.79. The Labute approximate surface area is 157 Å². The average Bonchev–Trinajstić information content (AvgIpc) is 2.90. The Morgan fingerprint density at radius 1 is 1.16 bits per heavy atom. The van der Waals surface area contributed by atoms with Gasteiger partial charge < -0.3 is 15.6 Å². The molecule has 0 aliphatic heterocycles. The van der Waals surface area contributed by atoms with Crippen molar-refractivity contribution in [1.29, 1.82) is 0 Å². The predicted molar refractivity (Wildman–Crippen MR) is 102 cm³/mol. The van der Waals surface area contributed by atoms with Crippen molar-refractivity contribution >= 4 is 35.3 Å². The van der Waals surface area contributed by atoms with Gasteiger partial charge in [0.05, 0.1) is 11.0 Å². The summed E-state index contributed by atoms with van der Waals surface area (Å²) < 4.78 is 1.35. The predicted octanol–water partition coefficient (Wildman–Crippen LogP) is 1.16. The summed E-state index contributed by atoms with van der Waals surface area (Å²) in [6.07, 6.45) is 0. The molecule has 0 saturated heterocycles. The fraction of sp³-hybridized carbons (Fsp3) is 0.733. The lowest BCUT2D eigenvalue weighted by Gasteiger charge is -2.22. The van der Waals surface area contributed by atoms with Crippen LogP contribution in [0.3, 0.4) is 0 Å². The van der Waals surface area contributed by atoms with Crippen molar-refractivity contribution < 1.29 is 9.59 Å². The summed E-state index contributed by atoms with van der Waals surface area (Å²) in [6, 6.07) is 0. The summed E-state index contributed by atoms with van der Waals surface area (Å²) >= 11 is 2.54. The molecule has 1 unspecified atom stereocenters. The van der Waals surface area contributed by atoms with Gasteiger partial charge in [-0.2, -0.15) is 0 Å². The van der Waals surface area contributed by atoms with Crippen LogP contribution in [-0.4, -0.2) is 74.7 Å². The highest BCUT2D eigenvalue weighted by molar-refractivity contribution is 8.00. The van der Waals surface area contributed by atoms with E-state index in [0.29, 0.717) is 23.4 Å². The summed E-state index contributed by atoms with van der Waals surface area (Å²) in [4.78, 5) is 27.7. The van der Waals surface area contributed by atoms with E-state index in [9.17, 15) is 9.59 Å². The van der Waals surface area contributed by atoms with Gasteiger partial charge in [0.1, 0.15) is 0 Å². The van der Waals surface area contributed by atoms with Gasteiger partial charge >= 0.3 is 0 Å². The molecule has 1 aromatic rings. The summed E-state index contributed by atoms with van der Waals surface area (Å²) in [6.45, 7) is 9.20. The number of carbonyl (C=O) groups is 2. The first-order valence-electron chi connectivity index (χ1n) is 8.21. The molecule has 1 aromatic heterocycles. The number of aromatic nitrogens is 3. The molecule has 0 aliphatic carbocycles. The molecule has 1 atom stereocenters. The van der Waals surface area contributed by atoms with Gasteiger partial charge in [-0.3, -0.25) is 9.59 Å². The van der Waals surface area contributed by atoms with Crippen LogP contribution >= 0.6 is 23.5 Å². The van der Waals surface area contributed by atoms with Crippen LogP contribution in [0, 0.1) is 5.92 Å². The quantitative estimate of drug-likeness (QED) is 0.501. The second kappa shape index (κ2) is 9.91. The third-order valence-electron chi connectivity index (χ3n) is 3.60. The van der Waals surface area contributed by atoms with Gasteiger partial charge in [0.25, 0.3) is 0 Å². The lowest BCUT2D eigenvalue weighted by molar-refractivity contribution is -0.129. The molecule has 2 N–H and O–H groups in total. The Kier molecular flexibility index (Phi) is 8.57. The van der Waals surface area contributed by atoms with E-state index in [1.165, 1.54) is 28.2 Å². The van der Waals surface area contributed by atoms with Crippen molar-refractivity contribution in [3.05, 3.63) is 0 Å². The van der Waals surface area contributed by atoms with E-state index in [-0.39, 0.29) is 28.7 Å². The Bertz CT molecular complexity index is 587. The van der Waals surface area contributed by atoms with E-state index in [4.69, 9.17) is 5.84 Å². The van der Waals surface area contributed by atoms with Crippen molar-refractivity contribution in [1.82, 2.24) is 24.7 Å². The fourth-order valence-corrected chi connectivity index (χ4v) is 3.99. The van der Waals surface area contributed by atoms with Gasteiger partial charge in [-0.15, -0.1) is 10.2 Å².